The maximum absolute atomic E-state index is 13.2. The van der Waals surface area contributed by atoms with E-state index in [0.29, 0.717) is 12.1 Å². The summed E-state index contributed by atoms with van der Waals surface area (Å²) in [6.07, 6.45) is 0.880. The Morgan fingerprint density at radius 3 is 2.14 bits per heavy atom. The van der Waals surface area contributed by atoms with Gasteiger partial charge in [-0.15, -0.1) is 0 Å². The van der Waals surface area contributed by atoms with E-state index in [1.807, 2.05) is 37.3 Å². The number of halogens is 1. The standard InChI is InChI=1S/C26H28FN3O4S/c1-3-18(2)30-35(33,34)23-15-13-22(14-16-23)28-26(32)24(17-19-7-5-4-6-8-19)29-25(31)20-9-11-21(27)12-10-20/h4-16,18,24,30H,3,17H2,1-2H3,(H,28,32)(H,29,31)/t18-,24-/m0/s1. The van der Waals surface area contributed by atoms with Crippen molar-refractivity contribution < 1.29 is 22.4 Å². The molecule has 0 bridgehead atoms. The molecule has 0 saturated carbocycles. The van der Waals surface area contributed by atoms with Crippen LogP contribution < -0.4 is 15.4 Å². The first-order valence-corrected chi connectivity index (χ1v) is 12.7. The number of sulfonamides is 1. The van der Waals surface area contributed by atoms with Crippen molar-refractivity contribution in [3.05, 3.63) is 95.8 Å². The number of rotatable bonds is 10. The van der Waals surface area contributed by atoms with Crippen LogP contribution >= 0.6 is 0 Å². The zero-order valence-corrected chi connectivity index (χ0v) is 20.3. The summed E-state index contributed by atoms with van der Waals surface area (Å²) in [4.78, 5) is 25.9. The molecule has 0 radical (unpaired) electrons. The molecule has 9 heteroatoms. The number of carbonyl (C=O) groups is 2. The van der Waals surface area contributed by atoms with Gasteiger partial charge in [0.15, 0.2) is 0 Å². The average Bonchev–Trinajstić information content (AvgIpc) is 2.84. The number of nitrogens with one attached hydrogen (secondary N) is 3. The maximum Gasteiger partial charge on any atom is 0.251 e. The first kappa shape index (κ1) is 26.1. The largest absolute Gasteiger partial charge is 0.340 e. The second-order valence-electron chi connectivity index (χ2n) is 8.17. The molecule has 0 aliphatic carbocycles. The molecule has 7 nitrogen and oxygen atoms in total. The van der Waals surface area contributed by atoms with Crippen LogP contribution in [0.1, 0.15) is 36.2 Å². The van der Waals surface area contributed by atoms with Crippen LogP contribution in [0.25, 0.3) is 0 Å². The highest BCUT2D eigenvalue weighted by molar-refractivity contribution is 7.89. The van der Waals surface area contributed by atoms with E-state index in [-0.39, 0.29) is 22.9 Å². The third-order valence-corrected chi connectivity index (χ3v) is 7.02. The van der Waals surface area contributed by atoms with Gasteiger partial charge in [0, 0.05) is 23.7 Å². The first-order chi connectivity index (χ1) is 16.7. The molecule has 0 fully saturated rings. The van der Waals surface area contributed by atoms with Crippen LogP contribution in [0.15, 0.2) is 83.8 Å². The van der Waals surface area contributed by atoms with Crippen LogP contribution in [0, 0.1) is 5.82 Å². The lowest BCUT2D eigenvalue weighted by Gasteiger charge is -2.19. The average molecular weight is 498 g/mol. The van der Waals surface area contributed by atoms with Gasteiger partial charge in [-0.25, -0.2) is 17.5 Å². The smallest absolute Gasteiger partial charge is 0.251 e. The minimum absolute atomic E-state index is 0.0845. The van der Waals surface area contributed by atoms with E-state index < -0.39 is 33.7 Å². The first-order valence-electron chi connectivity index (χ1n) is 11.2. The molecule has 0 saturated heterocycles. The summed E-state index contributed by atoms with van der Waals surface area (Å²) in [6, 6.07) is 18.9. The molecule has 184 valence electrons. The maximum atomic E-state index is 13.2. The van der Waals surface area contributed by atoms with E-state index in [1.165, 1.54) is 48.5 Å². The van der Waals surface area contributed by atoms with Gasteiger partial charge in [0.05, 0.1) is 4.90 Å². The van der Waals surface area contributed by atoms with Crippen LogP contribution in [0.3, 0.4) is 0 Å². The predicted octanol–water partition coefficient (Wildman–Crippen LogP) is 3.88. The lowest BCUT2D eigenvalue weighted by molar-refractivity contribution is -0.118. The summed E-state index contributed by atoms with van der Waals surface area (Å²) >= 11 is 0. The number of benzene rings is 3. The summed E-state index contributed by atoms with van der Waals surface area (Å²) in [5, 5.41) is 5.44. The molecule has 0 aliphatic heterocycles. The van der Waals surface area contributed by atoms with E-state index in [0.717, 1.165) is 5.56 Å². The number of carbonyl (C=O) groups excluding carboxylic acids is 2. The Kier molecular flexibility index (Phi) is 8.73. The number of hydrogen-bond acceptors (Lipinski definition) is 4. The molecule has 2 amide bonds. The normalized spacial score (nSPS) is 13.0. The Balaban J connectivity index is 1.75. The fraction of sp³-hybridized carbons (Fsp3) is 0.231. The highest BCUT2D eigenvalue weighted by Crippen LogP contribution is 2.16. The van der Waals surface area contributed by atoms with Gasteiger partial charge in [0.1, 0.15) is 11.9 Å². The van der Waals surface area contributed by atoms with E-state index in [4.69, 9.17) is 0 Å². The van der Waals surface area contributed by atoms with Crippen molar-refractivity contribution in [1.29, 1.82) is 0 Å². The van der Waals surface area contributed by atoms with Crippen LogP contribution in [0.2, 0.25) is 0 Å². The topological polar surface area (TPSA) is 104 Å². The quantitative estimate of drug-likeness (QED) is 0.395. The number of hydrogen-bond donors (Lipinski definition) is 3. The molecular weight excluding hydrogens is 469 g/mol. The van der Waals surface area contributed by atoms with E-state index in [1.54, 1.807) is 6.92 Å². The van der Waals surface area contributed by atoms with Gasteiger partial charge in [-0.1, -0.05) is 37.3 Å². The lowest BCUT2D eigenvalue weighted by atomic mass is 10.0. The molecule has 0 aliphatic rings. The highest BCUT2D eigenvalue weighted by atomic mass is 32.2. The van der Waals surface area contributed by atoms with Crippen LogP contribution in [0.4, 0.5) is 10.1 Å². The van der Waals surface area contributed by atoms with E-state index in [9.17, 15) is 22.4 Å². The van der Waals surface area contributed by atoms with E-state index in [2.05, 4.69) is 15.4 Å². The summed E-state index contributed by atoms with van der Waals surface area (Å²) < 4.78 is 40.7. The fourth-order valence-corrected chi connectivity index (χ4v) is 4.59. The highest BCUT2D eigenvalue weighted by Gasteiger charge is 2.23. The monoisotopic (exact) mass is 497 g/mol. The van der Waals surface area contributed by atoms with Gasteiger partial charge >= 0.3 is 0 Å². The molecule has 0 heterocycles. The van der Waals surface area contributed by atoms with Gasteiger partial charge in [-0.05, 0) is 67.4 Å². The Morgan fingerprint density at radius 2 is 1.54 bits per heavy atom. The van der Waals surface area contributed by atoms with Crippen LogP contribution in [-0.4, -0.2) is 32.3 Å². The van der Waals surface area contributed by atoms with Crippen molar-refractivity contribution >= 4 is 27.5 Å². The minimum Gasteiger partial charge on any atom is -0.340 e. The zero-order valence-electron chi connectivity index (χ0n) is 19.5. The summed E-state index contributed by atoms with van der Waals surface area (Å²) in [5.74, 6) is -1.46. The van der Waals surface area contributed by atoms with Crippen molar-refractivity contribution in [3.8, 4) is 0 Å². The van der Waals surface area contributed by atoms with Crippen molar-refractivity contribution in [2.24, 2.45) is 0 Å². The molecule has 0 aromatic heterocycles. The molecule has 35 heavy (non-hydrogen) atoms. The van der Waals surface area contributed by atoms with E-state index >= 15 is 0 Å². The molecule has 3 aromatic carbocycles. The van der Waals surface area contributed by atoms with Gasteiger partial charge in [-0.2, -0.15) is 0 Å². The molecule has 0 unspecified atom stereocenters. The molecular formula is C26H28FN3O4S. The van der Waals surface area contributed by atoms with Crippen LogP contribution in [0.5, 0.6) is 0 Å². The van der Waals surface area contributed by atoms with Crippen molar-refractivity contribution in [2.45, 2.75) is 43.7 Å². The number of anilines is 1. The van der Waals surface area contributed by atoms with Crippen molar-refractivity contribution in [2.75, 3.05) is 5.32 Å². The van der Waals surface area contributed by atoms with Gasteiger partial charge in [0.25, 0.3) is 5.91 Å². The third kappa shape index (κ3) is 7.46. The Labute approximate surface area is 204 Å². The third-order valence-electron chi connectivity index (χ3n) is 5.41. The predicted molar refractivity (Wildman–Crippen MR) is 133 cm³/mol. The Morgan fingerprint density at radius 1 is 0.914 bits per heavy atom. The van der Waals surface area contributed by atoms with Gasteiger partial charge < -0.3 is 10.6 Å². The zero-order chi connectivity index (χ0) is 25.4. The Bertz CT molecular complexity index is 1250. The molecule has 2 atom stereocenters. The lowest BCUT2D eigenvalue weighted by Crippen LogP contribution is -2.45. The summed E-state index contributed by atoms with van der Waals surface area (Å²) in [7, 11) is -3.67. The molecule has 3 N–H and O–H groups in total. The summed E-state index contributed by atoms with van der Waals surface area (Å²) in [5.41, 5.74) is 1.44. The van der Waals surface area contributed by atoms with Crippen molar-refractivity contribution in [1.82, 2.24) is 10.0 Å². The van der Waals surface area contributed by atoms with Gasteiger partial charge in [-0.3, -0.25) is 9.59 Å². The SMILES string of the molecule is CC[C@H](C)NS(=O)(=O)c1ccc(NC(=O)[C@H](Cc2ccccc2)NC(=O)c2ccc(F)cc2)cc1. The minimum atomic E-state index is -3.67. The van der Waals surface area contributed by atoms with Crippen molar-refractivity contribution in [3.63, 3.8) is 0 Å². The molecule has 3 rings (SSSR count). The molecule has 0 spiro atoms. The fourth-order valence-electron chi connectivity index (χ4n) is 3.26. The summed E-state index contributed by atoms with van der Waals surface area (Å²) in [6.45, 7) is 3.66. The molecule has 3 aromatic rings. The second-order valence-corrected chi connectivity index (χ2v) is 9.88. The second kappa shape index (κ2) is 11.7. The van der Waals surface area contributed by atoms with Crippen LogP contribution in [-0.2, 0) is 21.2 Å². The van der Waals surface area contributed by atoms with Gasteiger partial charge in [0.2, 0.25) is 15.9 Å². The Hall–Kier alpha value is -3.56. The number of amides is 2.